The number of amides is 1. The summed E-state index contributed by atoms with van der Waals surface area (Å²) in [6, 6.07) is 17.3. The van der Waals surface area contributed by atoms with Crippen LogP contribution in [0.4, 0.5) is 8.78 Å². The van der Waals surface area contributed by atoms with E-state index in [4.69, 9.17) is 4.42 Å². The number of aryl methyl sites for hydroxylation is 2. The maximum absolute atomic E-state index is 13.8. The summed E-state index contributed by atoms with van der Waals surface area (Å²) < 4.78 is 33.1. The first-order valence-electron chi connectivity index (χ1n) is 12.6. The lowest BCUT2D eigenvalue weighted by Gasteiger charge is -2.25. The Labute approximate surface area is 220 Å². The molecule has 4 rings (SSSR count). The fourth-order valence-corrected chi connectivity index (χ4v) is 4.26. The number of oxazole rings is 1. The molecule has 2 atom stereocenters. The summed E-state index contributed by atoms with van der Waals surface area (Å²) in [6.07, 6.45) is 1.45. The molecule has 4 aromatic rings. The Morgan fingerprint density at radius 1 is 1.00 bits per heavy atom. The van der Waals surface area contributed by atoms with Gasteiger partial charge in [0.15, 0.2) is 0 Å². The molecule has 0 aliphatic carbocycles. The molecule has 3 aromatic carbocycles. The van der Waals surface area contributed by atoms with Crippen molar-refractivity contribution in [3.63, 3.8) is 0 Å². The lowest BCUT2D eigenvalue weighted by molar-refractivity contribution is 0.0830. The standard InChI is InChI=1S/C30H31F2N3O3/c1-3-20-6-4-7-21(10-20)16-33-17-28(36)27(13-22-11-25(31)15-26(32)12-22)35-29(37)23-8-5-9-24(14-23)30-34-19(2)18-38-30/h4-12,14-15,18,27-28,33,36H,3,13,16-17H2,1-2H3,(H,35,37)/t27-,28+/m0/s1. The fourth-order valence-electron chi connectivity index (χ4n) is 4.26. The molecule has 0 radical (unpaired) electrons. The molecule has 6 nitrogen and oxygen atoms in total. The molecular weight excluding hydrogens is 488 g/mol. The number of carbonyl (C=O) groups excluding carboxylic acids is 1. The molecule has 0 bridgehead atoms. The largest absolute Gasteiger partial charge is 0.444 e. The van der Waals surface area contributed by atoms with Crippen molar-refractivity contribution in [1.29, 1.82) is 0 Å². The summed E-state index contributed by atoms with van der Waals surface area (Å²) in [6.45, 7) is 4.58. The summed E-state index contributed by atoms with van der Waals surface area (Å²) >= 11 is 0. The van der Waals surface area contributed by atoms with E-state index >= 15 is 0 Å². The summed E-state index contributed by atoms with van der Waals surface area (Å²) in [5, 5.41) is 17.1. The molecule has 1 heterocycles. The molecule has 0 saturated carbocycles. The van der Waals surface area contributed by atoms with Crippen LogP contribution in [0.1, 0.15) is 39.7 Å². The molecule has 8 heteroatoms. The third-order valence-corrected chi connectivity index (χ3v) is 6.23. The number of rotatable bonds is 11. The topological polar surface area (TPSA) is 87.4 Å². The van der Waals surface area contributed by atoms with Crippen molar-refractivity contribution < 1.29 is 23.1 Å². The van der Waals surface area contributed by atoms with E-state index in [-0.39, 0.29) is 13.0 Å². The number of benzene rings is 3. The summed E-state index contributed by atoms with van der Waals surface area (Å²) in [4.78, 5) is 17.5. The first-order valence-corrected chi connectivity index (χ1v) is 12.6. The average molecular weight is 520 g/mol. The van der Waals surface area contributed by atoms with Crippen LogP contribution in [0, 0.1) is 18.6 Å². The number of halogens is 2. The van der Waals surface area contributed by atoms with Crippen molar-refractivity contribution in [3.8, 4) is 11.5 Å². The van der Waals surface area contributed by atoms with Gasteiger partial charge in [-0.15, -0.1) is 0 Å². The average Bonchev–Trinajstić information content (AvgIpc) is 3.34. The number of hydrogen-bond donors (Lipinski definition) is 3. The second kappa shape index (κ2) is 12.6. The Hall–Kier alpha value is -3.88. The van der Waals surface area contributed by atoms with E-state index in [9.17, 15) is 18.7 Å². The lowest BCUT2D eigenvalue weighted by atomic mass is 9.99. The maximum Gasteiger partial charge on any atom is 0.251 e. The quantitative estimate of drug-likeness (QED) is 0.260. The van der Waals surface area contributed by atoms with Gasteiger partial charge in [0.1, 0.15) is 17.9 Å². The molecule has 0 unspecified atom stereocenters. The third kappa shape index (κ3) is 7.34. The van der Waals surface area contributed by atoms with Crippen LogP contribution in [-0.2, 0) is 19.4 Å². The molecule has 1 amide bonds. The second-order valence-corrected chi connectivity index (χ2v) is 9.31. The Kier molecular flexibility index (Phi) is 8.99. The van der Waals surface area contributed by atoms with E-state index in [0.29, 0.717) is 34.8 Å². The SMILES string of the molecule is CCc1cccc(CNC[C@@H](O)[C@H](Cc2cc(F)cc(F)c2)NC(=O)c2cccc(-c3nc(C)co3)c2)c1. The zero-order chi connectivity index (χ0) is 27.1. The highest BCUT2D eigenvalue weighted by atomic mass is 19.1. The highest BCUT2D eigenvalue weighted by Crippen LogP contribution is 2.20. The van der Waals surface area contributed by atoms with Crippen molar-refractivity contribution in [1.82, 2.24) is 15.6 Å². The number of aliphatic hydroxyl groups is 1. The summed E-state index contributed by atoms with van der Waals surface area (Å²) in [5.41, 5.74) is 4.30. The van der Waals surface area contributed by atoms with Gasteiger partial charge in [0.2, 0.25) is 5.89 Å². The summed E-state index contributed by atoms with van der Waals surface area (Å²) in [5.74, 6) is -1.49. The molecule has 198 valence electrons. The van der Waals surface area contributed by atoms with E-state index in [1.807, 2.05) is 12.1 Å². The van der Waals surface area contributed by atoms with Crippen LogP contribution in [-0.4, -0.2) is 34.7 Å². The number of aliphatic hydroxyl groups excluding tert-OH is 1. The van der Waals surface area contributed by atoms with Crippen molar-refractivity contribution >= 4 is 5.91 Å². The van der Waals surface area contributed by atoms with Crippen LogP contribution in [0.2, 0.25) is 0 Å². The van der Waals surface area contributed by atoms with Gasteiger partial charge < -0.3 is 20.2 Å². The fraction of sp³-hybridized carbons (Fsp3) is 0.267. The lowest BCUT2D eigenvalue weighted by Crippen LogP contribution is -2.48. The number of aromatic nitrogens is 1. The minimum absolute atomic E-state index is 0.0349. The van der Waals surface area contributed by atoms with E-state index < -0.39 is 29.7 Å². The van der Waals surface area contributed by atoms with Crippen molar-refractivity contribution in [3.05, 3.63) is 113 Å². The predicted molar refractivity (Wildman–Crippen MR) is 142 cm³/mol. The van der Waals surface area contributed by atoms with Gasteiger partial charge in [-0.05, 0) is 66.8 Å². The second-order valence-electron chi connectivity index (χ2n) is 9.31. The van der Waals surface area contributed by atoms with Gasteiger partial charge in [-0.25, -0.2) is 13.8 Å². The molecule has 38 heavy (non-hydrogen) atoms. The Balaban J connectivity index is 1.49. The number of hydrogen-bond acceptors (Lipinski definition) is 5. The van der Waals surface area contributed by atoms with Gasteiger partial charge in [-0.3, -0.25) is 4.79 Å². The van der Waals surface area contributed by atoms with Crippen LogP contribution >= 0.6 is 0 Å². The number of carbonyl (C=O) groups is 1. The molecule has 0 aliphatic heterocycles. The van der Waals surface area contributed by atoms with Crippen LogP contribution in [0.5, 0.6) is 0 Å². The number of nitrogens with one attached hydrogen (secondary N) is 2. The molecule has 3 N–H and O–H groups in total. The first-order chi connectivity index (χ1) is 18.3. The Bertz CT molecular complexity index is 1370. The zero-order valence-corrected chi connectivity index (χ0v) is 21.4. The van der Waals surface area contributed by atoms with Crippen molar-refractivity contribution in [2.45, 2.75) is 45.4 Å². The van der Waals surface area contributed by atoms with Gasteiger partial charge in [-0.1, -0.05) is 37.3 Å². The van der Waals surface area contributed by atoms with E-state index in [0.717, 1.165) is 18.1 Å². The van der Waals surface area contributed by atoms with Gasteiger partial charge in [0.05, 0.1) is 17.8 Å². The van der Waals surface area contributed by atoms with E-state index in [2.05, 4.69) is 34.7 Å². The van der Waals surface area contributed by atoms with Crippen molar-refractivity contribution in [2.24, 2.45) is 0 Å². The molecular formula is C30H31F2N3O3. The minimum atomic E-state index is -1.03. The van der Waals surface area contributed by atoms with Crippen LogP contribution in [0.25, 0.3) is 11.5 Å². The molecule has 0 saturated heterocycles. The smallest absolute Gasteiger partial charge is 0.251 e. The summed E-state index contributed by atoms with van der Waals surface area (Å²) in [7, 11) is 0. The minimum Gasteiger partial charge on any atom is -0.444 e. The van der Waals surface area contributed by atoms with Crippen LogP contribution < -0.4 is 10.6 Å². The highest BCUT2D eigenvalue weighted by molar-refractivity contribution is 5.95. The molecule has 1 aromatic heterocycles. The normalized spacial score (nSPS) is 12.8. The van der Waals surface area contributed by atoms with Gasteiger partial charge in [-0.2, -0.15) is 0 Å². The molecule has 0 fully saturated rings. The maximum atomic E-state index is 13.8. The highest BCUT2D eigenvalue weighted by Gasteiger charge is 2.23. The van der Waals surface area contributed by atoms with Gasteiger partial charge in [0.25, 0.3) is 5.91 Å². The van der Waals surface area contributed by atoms with Crippen LogP contribution in [0.3, 0.4) is 0 Å². The van der Waals surface area contributed by atoms with E-state index in [1.165, 1.54) is 24.0 Å². The first kappa shape index (κ1) is 27.2. The Morgan fingerprint density at radius 2 is 1.74 bits per heavy atom. The Morgan fingerprint density at radius 3 is 2.45 bits per heavy atom. The third-order valence-electron chi connectivity index (χ3n) is 6.23. The monoisotopic (exact) mass is 519 g/mol. The predicted octanol–water partition coefficient (Wildman–Crippen LogP) is 4.98. The van der Waals surface area contributed by atoms with Crippen LogP contribution in [0.15, 0.2) is 77.4 Å². The van der Waals surface area contributed by atoms with Crippen molar-refractivity contribution in [2.75, 3.05) is 6.54 Å². The van der Waals surface area contributed by atoms with E-state index in [1.54, 1.807) is 31.2 Å². The molecule has 0 aliphatic rings. The zero-order valence-electron chi connectivity index (χ0n) is 21.4. The van der Waals surface area contributed by atoms with Gasteiger partial charge in [0, 0.05) is 30.3 Å². The number of nitrogens with zero attached hydrogens (tertiary/aromatic N) is 1. The van der Waals surface area contributed by atoms with Gasteiger partial charge >= 0.3 is 0 Å². The molecule has 0 spiro atoms.